The van der Waals surface area contributed by atoms with Crippen LogP contribution in [0, 0.1) is 11.7 Å². The number of nitrogens with one attached hydrogen (secondary N) is 2. The summed E-state index contributed by atoms with van der Waals surface area (Å²) in [6.07, 6.45) is 5.24. The monoisotopic (exact) mass is 371 g/mol. The average molecular weight is 371 g/mol. The molecule has 1 aliphatic heterocycles. The predicted molar refractivity (Wildman–Crippen MR) is 98.2 cm³/mol. The summed E-state index contributed by atoms with van der Waals surface area (Å²) in [5, 5.41) is 5.23. The van der Waals surface area contributed by atoms with Crippen molar-refractivity contribution in [2.45, 2.75) is 19.4 Å². The molecule has 2 N–H and O–H groups in total. The van der Waals surface area contributed by atoms with Crippen molar-refractivity contribution in [1.82, 2.24) is 20.6 Å². The van der Waals surface area contributed by atoms with Crippen LogP contribution < -0.4 is 15.5 Å². The Hall–Kier alpha value is -3.03. The zero-order valence-electron chi connectivity index (χ0n) is 14.9. The van der Waals surface area contributed by atoms with Gasteiger partial charge in [0.05, 0.1) is 0 Å². The molecule has 0 saturated carbocycles. The van der Waals surface area contributed by atoms with Crippen molar-refractivity contribution in [3.63, 3.8) is 0 Å². The fourth-order valence-electron chi connectivity index (χ4n) is 2.97. The molecule has 0 aliphatic carbocycles. The number of hydrogen-bond donors (Lipinski definition) is 2. The molecule has 1 aromatic carbocycles. The second-order valence-electron chi connectivity index (χ2n) is 6.50. The van der Waals surface area contributed by atoms with E-state index in [0.29, 0.717) is 12.5 Å². The van der Waals surface area contributed by atoms with Crippen LogP contribution in [0.25, 0.3) is 0 Å². The summed E-state index contributed by atoms with van der Waals surface area (Å²) in [4.78, 5) is 34.4. The maximum Gasteiger partial charge on any atom is 0.309 e. The van der Waals surface area contributed by atoms with E-state index in [0.717, 1.165) is 37.4 Å². The Morgan fingerprint density at radius 1 is 1.04 bits per heavy atom. The molecule has 2 heterocycles. The predicted octanol–water partition coefficient (Wildman–Crippen LogP) is 1.26. The van der Waals surface area contributed by atoms with Crippen molar-refractivity contribution < 1.29 is 14.0 Å². The molecule has 0 spiro atoms. The number of aromatic nitrogens is 2. The van der Waals surface area contributed by atoms with Crippen molar-refractivity contribution in [1.29, 1.82) is 0 Å². The van der Waals surface area contributed by atoms with Gasteiger partial charge in [-0.1, -0.05) is 12.1 Å². The lowest BCUT2D eigenvalue weighted by atomic mass is 9.97. The number of hydrogen-bond acceptors (Lipinski definition) is 5. The minimum Gasteiger partial charge on any atom is -0.348 e. The van der Waals surface area contributed by atoms with Gasteiger partial charge in [-0.25, -0.2) is 14.4 Å². The van der Waals surface area contributed by atoms with Crippen LogP contribution in [0.2, 0.25) is 0 Å². The summed E-state index contributed by atoms with van der Waals surface area (Å²) in [7, 11) is 0. The first-order chi connectivity index (χ1) is 13.1. The third-order valence-electron chi connectivity index (χ3n) is 4.57. The van der Waals surface area contributed by atoms with E-state index in [1.807, 2.05) is 0 Å². The van der Waals surface area contributed by atoms with Gasteiger partial charge in [0.15, 0.2) is 0 Å². The molecule has 7 nitrogen and oxygen atoms in total. The normalized spacial score (nSPS) is 14.6. The lowest BCUT2D eigenvalue weighted by Crippen LogP contribution is -2.43. The number of piperidine rings is 1. The van der Waals surface area contributed by atoms with Gasteiger partial charge in [0, 0.05) is 38.6 Å². The van der Waals surface area contributed by atoms with Crippen molar-refractivity contribution in [2.24, 2.45) is 5.92 Å². The lowest BCUT2D eigenvalue weighted by molar-refractivity contribution is -0.139. The highest BCUT2D eigenvalue weighted by atomic mass is 19.1. The number of carbonyl (C=O) groups excluding carboxylic acids is 2. The fraction of sp³-hybridized carbons (Fsp3) is 0.368. The number of rotatable bonds is 5. The standard InChI is InChI=1S/C19H22FN5O2/c20-16-4-2-14(3-5-16)12-23-17(26)18(27)24-13-15-6-10-25(11-7-15)19-21-8-1-9-22-19/h1-5,8-9,15H,6-7,10-13H2,(H,23,26)(H,24,27). The molecule has 8 heteroatoms. The maximum atomic E-state index is 12.9. The maximum absolute atomic E-state index is 12.9. The van der Waals surface area contributed by atoms with E-state index in [4.69, 9.17) is 0 Å². The third kappa shape index (κ3) is 5.47. The lowest BCUT2D eigenvalue weighted by Gasteiger charge is -2.31. The molecule has 27 heavy (non-hydrogen) atoms. The number of amides is 2. The van der Waals surface area contributed by atoms with Crippen LogP contribution in [0.5, 0.6) is 0 Å². The zero-order chi connectivity index (χ0) is 19.1. The summed E-state index contributed by atoms with van der Waals surface area (Å²) < 4.78 is 12.9. The van der Waals surface area contributed by atoms with Crippen LogP contribution in [0.3, 0.4) is 0 Å². The van der Waals surface area contributed by atoms with E-state index in [2.05, 4.69) is 25.5 Å². The third-order valence-corrected chi connectivity index (χ3v) is 4.57. The van der Waals surface area contributed by atoms with E-state index >= 15 is 0 Å². The van der Waals surface area contributed by atoms with E-state index in [-0.39, 0.29) is 12.4 Å². The molecule has 0 bridgehead atoms. The molecular weight excluding hydrogens is 349 g/mol. The Labute approximate surface area is 157 Å². The highest BCUT2D eigenvalue weighted by Gasteiger charge is 2.22. The Bertz CT molecular complexity index is 761. The number of halogens is 1. The van der Waals surface area contributed by atoms with E-state index in [1.54, 1.807) is 30.6 Å². The molecule has 1 aromatic heterocycles. The summed E-state index contributed by atoms with van der Waals surface area (Å²) in [5.41, 5.74) is 0.730. The minimum atomic E-state index is -0.686. The molecule has 0 radical (unpaired) electrons. The van der Waals surface area contributed by atoms with Crippen LogP contribution in [-0.2, 0) is 16.1 Å². The van der Waals surface area contributed by atoms with Crippen LogP contribution in [0.4, 0.5) is 10.3 Å². The van der Waals surface area contributed by atoms with Gasteiger partial charge in [0.1, 0.15) is 5.82 Å². The molecule has 0 atom stereocenters. The van der Waals surface area contributed by atoms with Crippen LogP contribution in [0.15, 0.2) is 42.7 Å². The van der Waals surface area contributed by atoms with Gasteiger partial charge >= 0.3 is 11.8 Å². The van der Waals surface area contributed by atoms with Gasteiger partial charge in [-0.2, -0.15) is 0 Å². The van der Waals surface area contributed by atoms with E-state index in [9.17, 15) is 14.0 Å². The highest BCUT2D eigenvalue weighted by molar-refractivity contribution is 6.35. The number of nitrogens with zero attached hydrogens (tertiary/aromatic N) is 3. The van der Waals surface area contributed by atoms with E-state index in [1.165, 1.54) is 12.1 Å². The quantitative estimate of drug-likeness (QED) is 0.773. The molecule has 1 aliphatic rings. The minimum absolute atomic E-state index is 0.183. The average Bonchev–Trinajstić information content (AvgIpc) is 2.72. The molecule has 142 valence electrons. The summed E-state index contributed by atoms with van der Waals surface area (Å²) >= 11 is 0. The van der Waals surface area contributed by atoms with Gasteiger partial charge in [-0.3, -0.25) is 9.59 Å². The largest absolute Gasteiger partial charge is 0.348 e. The van der Waals surface area contributed by atoms with Gasteiger partial charge in [0.25, 0.3) is 0 Å². The summed E-state index contributed by atoms with van der Waals surface area (Å²) in [6, 6.07) is 7.55. The second-order valence-corrected chi connectivity index (χ2v) is 6.50. The van der Waals surface area contributed by atoms with Gasteiger partial charge in [-0.05, 0) is 42.5 Å². The van der Waals surface area contributed by atoms with Crippen LogP contribution in [0.1, 0.15) is 18.4 Å². The van der Waals surface area contributed by atoms with Crippen LogP contribution in [-0.4, -0.2) is 41.4 Å². The topological polar surface area (TPSA) is 87.2 Å². The molecule has 1 saturated heterocycles. The van der Waals surface area contributed by atoms with Crippen molar-refractivity contribution in [3.05, 3.63) is 54.1 Å². The second kappa shape index (κ2) is 9.07. The Kier molecular flexibility index (Phi) is 6.30. The number of anilines is 1. The first-order valence-corrected chi connectivity index (χ1v) is 8.94. The Morgan fingerprint density at radius 3 is 2.33 bits per heavy atom. The summed E-state index contributed by atoms with van der Waals surface area (Å²) in [5.74, 6) is -0.632. The van der Waals surface area contributed by atoms with Crippen LogP contribution >= 0.6 is 0 Å². The van der Waals surface area contributed by atoms with Gasteiger partial charge < -0.3 is 15.5 Å². The fourth-order valence-corrected chi connectivity index (χ4v) is 2.97. The first kappa shape index (κ1) is 18.8. The molecule has 2 amide bonds. The van der Waals surface area contributed by atoms with Gasteiger partial charge in [-0.15, -0.1) is 0 Å². The molecular formula is C19H22FN5O2. The van der Waals surface area contributed by atoms with Crippen molar-refractivity contribution in [2.75, 3.05) is 24.5 Å². The van der Waals surface area contributed by atoms with Crippen molar-refractivity contribution >= 4 is 17.8 Å². The van der Waals surface area contributed by atoms with E-state index < -0.39 is 11.8 Å². The highest BCUT2D eigenvalue weighted by Crippen LogP contribution is 2.19. The Morgan fingerprint density at radius 2 is 1.67 bits per heavy atom. The summed E-state index contributed by atoms with van der Waals surface area (Å²) in [6.45, 7) is 2.29. The first-order valence-electron chi connectivity index (χ1n) is 8.94. The number of benzene rings is 1. The van der Waals surface area contributed by atoms with Crippen molar-refractivity contribution in [3.8, 4) is 0 Å². The SMILES string of the molecule is O=C(NCc1ccc(F)cc1)C(=O)NCC1CCN(c2ncccn2)CC1. The molecule has 3 rings (SSSR count). The van der Waals surface area contributed by atoms with Gasteiger partial charge in [0.2, 0.25) is 5.95 Å². The molecule has 1 fully saturated rings. The number of carbonyl (C=O) groups is 2. The zero-order valence-corrected chi connectivity index (χ0v) is 14.9. The molecule has 0 unspecified atom stereocenters. The molecule has 2 aromatic rings. The smallest absolute Gasteiger partial charge is 0.309 e. The Balaban J connectivity index is 1.36.